The van der Waals surface area contributed by atoms with Crippen LogP contribution in [0.25, 0.3) is 0 Å². The second-order valence-corrected chi connectivity index (χ2v) is 12.8. The number of nitriles is 1. The number of aryl methyl sites for hydroxylation is 1. The molecule has 8 nitrogen and oxygen atoms in total. The van der Waals surface area contributed by atoms with Gasteiger partial charge in [0.15, 0.2) is 10.1 Å². The lowest BCUT2D eigenvalue weighted by atomic mass is 9.68. The van der Waals surface area contributed by atoms with Crippen LogP contribution >= 0.6 is 23.1 Å². The lowest BCUT2D eigenvalue weighted by Gasteiger charge is -2.42. The number of amides is 1. The molecule has 3 N–H and O–H groups in total. The number of carbonyl (C=O) groups is 2. The fourth-order valence-corrected chi connectivity index (χ4v) is 6.89. The van der Waals surface area contributed by atoms with E-state index in [0.717, 1.165) is 46.4 Å². The number of allylic oxidation sites excluding steroid dienone is 3. The molecule has 0 fully saturated rings. The van der Waals surface area contributed by atoms with E-state index in [4.69, 9.17) is 5.73 Å². The molecule has 1 unspecified atom stereocenters. The number of hydrogen-bond donors (Lipinski definition) is 2. The Kier molecular flexibility index (Phi) is 7.68. The maximum absolute atomic E-state index is 13.9. The van der Waals surface area contributed by atoms with Crippen LogP contribution in [-0.2, 0) is 9.59 Å². The Bertz CT molecular complexity index is 1670. The predicted molar refractivity (Wildman–Crippen MR) is 154 cm³/mol. The zero-order chi connectivity index (χ0) is 29.5. The van der Waals surface area contributed by atoms with Gasteiger partial charge in [0.05, 0.1) is 29.0 Å². The third-order valence-corrected chi connectivity index (χ3v) is 9.04. The highest BCUT2D eigenvalue weighted by Gasteiger charge is 2.45. The largest absolute Gasteiger partial charge is 0.384 e. The molecule has 0 bridgehead atoms. The second-order valence-electron chi connectivity index (χ2n) is 10.6. The van der Waals surface area contributed by atoms with Crippen molar-refractivity contribution in [1.82, 2.24) is 10.2 Å². The molecule has 0 saturated carbocycles. The first-order valence-electron chi connectivity index (χ1n) is 12.7. The average molecular weight is 593 g/mol. The van der Waals surface area contributed by atoms with E-state index in [1.807, 2.05) is 45.0 Å². The Morgan fingerprint density at radius 2 is 2.00 bits per heavy atom. The van der Waals surface area contributed by atoms with Gasteiger partial charge in [0.25, 0.3) is 0 Å². The smallest absolute Gasteiger partial charge is 0.234 e. The number of nitrogens with one attached hydrogen (secondary N) is 1. The number of nitrogens with two attached hydrogens (primary N) is 1. The van der Waals surface area contributed by atoms with Gasteiger partial charge >= 0.3 is 0 Å². The molecule has 0 saturated heterocycles. The molecule has 12 heteroatoms. The SMILES string of the molecule is Cc1ccccc1C1C(C#N)=C(N)N(c2nnc(SCC(=O)Nc3ccc(F)cc3F)s2)C2=C1C(=O)CC(C)(C)C2. The number of hydrogen-bond acceptors (Lipinski definition) is 9. The Morgan fingerprint density at radius 3 is 2.71 bits per heavy atom. The number of ketones is 1. The minimum absolute atomic E-state index is 0.0430. The van der Waals surface area contributed by atoms with Crippen molar-refractivity contribution in [3.05, 3.63) is 87.9 Å². The number of halogens is 2. The molecule has 1 aromatic heterocycles. The van der Waals surface area contributed by atoms with Crippen LogP contribution in [0.5, 0.6) is 0 Å². The normalized spacial score (nSPS) is 18.3. The van der Waals surface area contributed by atoms with Gasteiger partial charge in [-0.1, -0.05) is 61.2 Å². The fraction of sp³-hybridized carbons (Fsp3) is 0.276. The summed E-state index contributed by atoms with van der Waals surface area (Å²) in [7, 11) is 0. The molecule has 1 amide bonds. The van der Waals surface area contributed by atoms with Gasteiger partial charge < -0.3 is 11.1 Å². The third-order valence-electron chi connectivity index (χ3n) is 7.00. The highest BCUT2D eigenvalue weighted by atomic mass is 32.2. The van der Waals surface area contributed by atoms with Gasteiger partial charge in [0.2, 0.25) is 11.0 Å². The fourth-order valence-electron chi connectivity index (χ4n) is 5.20. The summed E-state index contributed by atoms with van der Waals surface area (Å²) in [5.74, 6) is -2.68. The van der Waals surface area contributed by atoms with Gasteiger partial charge in [-0.15, -0.1) is 10.2 Å². The highest BCUT2D eigenvalue weighted by Crippen LogP contribution is 2.51. The molecule has 2 heterocycles. The van der Waals surface area contributed by atoms with Crippen molar-refractivity contribution in [3.63, 3.8) is 0 Å². The monoisotopic (exact) mass is 592 g/mol. The molecule has 210 valence electrons. The van der Waals surface area contributed by atoms with Gasteiger partial charge in [-0.05, 0) is 42.0 Å². The number of nitrogens with zero attached hydrogens (tertiary/aromatic N) is 4. The van der Waals surface area contributed by atoms with Crippen molar-refractivity contribution in [2.45, 2.75) is 43.9 Å². The Morgan fingerprint density at radius 1 is 1.24 bits per heavy atom. The molecular weight excluding hydrogens is 566 g/mol. The zero-order valence-electron chi connectivity index (χ0n) is 22.5. The summed E-state index contributed by atoms with van der Waals surface area (Å²) >= 11 is 2.24. The summed E-state index contributed by atoms with van der Waals surface area (Å²) in [6.45, 7) is 5.97. The number of carbonyl (C=O) groups excluding carboxylic acids is 2. The van der Waals surface area contributed by atoms with Gasteiger partial charge in [-0.2, -0.15) is 5.26 Å². The van der Waals surface area contributed by atoms with Crippen LogP contribution in [-0.4, -0.2) is 27.6 Å². The Hall–Kier alpha value is -4.08. The molecule has 3 aromatic rings. The Balaban J connectivity index is 1.46. The van der Waals surface area contributed by atoms with Crippen LogP contribution in [0.1, 0.15) is 43.7 Å². The van der Waals surface area contributed by atoms with E-state index in [-0.39, 0.29) is 34.0 Å². The minimum atomic E-state index is -0.875. The van der Waals surface area contributed by atoms with Crippen molar-refractivity contribution in [1.29, 1.82) is 5.26 Å². The number of benzene rings is 2. The van der Waals surface area contributed by atoms with Crippen LogP contribution in [0.3, 0.4) is 0 Å². The quantitative estimate of drug-likeness (QED) is 0.344. The first-order valence-corrected chi connectivity index (χ1v) is 14.5. The standard InChI is InChI=1S/C29H26F2N6O2S2/c1-15-6-4-5-7-17(15)24-18(13-32)26(33)37(21-11-29(2,3)12-22(38)25(21)24)27-35-36-28(41-27)40-14-23(39)34-20-9-8-16(30)10-19(20)31/h4-10,24H,11-12,14,33H2,1-3H3,(H,34,39). The van der Waals surface area contributed by atoms with Crippen LogP contribution in [0.4, 0.5) is 19.6 Å². The topological polar surface area (TPSA) is 125 Å². The van der Waals surface area contributed by atoms with Crippen molar-refractivity contribution in [2.75, 3.05) is 16.0 Å². The maximum Gasteiger partial charge on any atom is 0.234 e. The molecule has 5 rings (SSSR count). The van der Waals surface area contributed by atoms with Gasteiger partial charge in [-0.3, -0.25) is 14.5 Å². The molecular formula is C29H26F2N6O2S2. The molecule has 0 radical (unpaired) electrons. The first kappa shape index (κ1) is 28.4. The summed E-state index contributed by atoms with van der Waals surface area (Å²) < 4.78 is 27.5. The number of anilines is 2. The highest BCUT2D eigenvalue weighted by molar-refractivity contribution is 8.01. The molecule has 2 aliphatic rings. The molecule has 1 atom stereocenters. The first-order chi connectivity index (χ1) is 19.5. The summed E-state index contributed by atoms with van der Waals surface area (Å²) in [5, 5.41) is 21.5. The van der Waals surface area contributed by atoms with E-state index in [2.05, 4.69) is 21.6 Å². The summed E-state index contributed by atoms with van der Waals surface area (Å²) in [6.07, 6.45) is 0.866. The van der Waals surface area contributed by atoms with Crippen molar-refractivity contribution < 1.29 is 18.4 Å². The lowest BCUT2D eigenvalue weighted by Crippen LogP contribution is -2.42. The number of Topliss-reactive ketones (excluding diaryl/α,β-unsaturated/α-hetero) is 1. The third kappa shape index (κ3) is 5.60. The minimum Gasteiger partial charge on any atom is -0.384 e. The van der Waals surface area contributed by atoms with Gasteiger partial charge in [0, 0.05) is 23.8 Å². The van der Waals surface area contributed by atoms with Gasteiger partial charge in [0.1, 0.15) is 17.5 Å². The zero-order valence-corrected chi connectivity index (χ0v) is 24.1. The second kappa shape index (κ2) is 11.1. The van der Waals surface area contributed by atoms with Gasteiger partial charge in [-0.25, -0.2) is 8.78 Å². The van der Waals surface area contributed by atoms with E-state index in [1.165, 1.54) is 0 Å². The molecule has 2 aromatic carbocycles. The Labute approximate surface area is 243 Å². The molecule has 1 aliphatic carbocycles. The summed E-state index contributed by atoms with van der Waals surface area (Å²) in [6, 6.07) is 12.8. The lowest BCUT2D eigenvalue weighted by molar-refractivity contribution is -0.118. The molecule has 41 heavy (non-hydrogen) atoms. The summed E-state index contributed by atoms with van der Waals surface area (Å²) in [4.78, 5) is 27.7. The van der Waals surface area contributed by atoms with Crippen LogP contribution in [0.2, 0.25) is 0 Å². The van der Waals surface area contributed by atoms with Crippen LogP contribution < -0.4 is 16.0 Å². The van der Waals surface area contributed by atoms with Crippen LogP contribution in [0.15, 0.2) is 69.5 Å². The number of rotatable bonds is 6. The molecule has 0 spiro atoms. The van der Waals surface area contributed by atoms with E-state index in [0.29, 0.717) is 39.6 Å². The van der Waals surface area contributed by atoms with Crippen molar-refractivity contribution in [3.8, 4) is 6.07 Å². The van der Waals surface area contributed by atoms with E-state index < -0.39 is 23.5 Å². The van der Waals surface area contributed by atoms with E-state index >= 15 is 0 Å². The number of aromatic nitrogens is 2. The van der Waals surface area contributed by atoms with E-state index in [1.54, 1.807) is 4.90 Å². The molecule has 1 aliphatic heterocycles. The van der Waals surface area contributed by atoms with E-state index in [9.17, 15) is 23.6 Å². The predicted octanol–water partition coefficient (Wildman–Crippen LogP) is 5.80. The summed E-state index contributed by atoms with van der Waals surface area (Å²) in [5.41, 5.74) is 9.49. The van der Waals surface area contributed by atoms with Crippen LogP contribution in [0, 0.1) is 35.3 Å². The maximum atomic E-state index is 13.9. The number of thioether (sulfide) groups is 1. The van der Waals surface area contributed by atoms with Crippen molar-refractivity contribution >= 4 is 45.6 Å². The van der Waals surface area contributed by atoms with Crippen molar-refractivity contribution in [2.24, 2.45) is 11.1 Å². The average Bonchev–Trinajstić information content (AvgIpc) is 3.36.